The number of carbonyl (C=O) groups excluding carboxylic acids is 2. The van der Waals surface area contributed by atoms with Gasteiger partial charge in [-0.25, -0.2) is 4.39 Å². The lowest BCUT2D eigenvalue weighted by atomic mass is 10.1. The third kappa shape index (κ3) is 4.48. The molecular weight excluding hydrogens is 399 g/mol. The molecule has 0 fully saturated rings. The van der Waals surface area contributed by atoms with Crippen LogP contribution in [0.5, 0.6) is 17.2 Å². The van der Waals surface area contributed by atoms with Crippen LogP contribution in [0.3, 0.4) is 0 Å². The molecule has 0 bridgehead atoms. The number of ether oxygens (including phenoxy) is 3. The fourth-order valence-electron chi connectivity index (χ4n) is 3.15. The molecule has 5 nitrogen and oxygen atoms in total. The van der Waals surface area contributed by atoms with Gasteiger partial charge in [0.1, 0.15) is 23.1 Å². The number of Topliss-reactive ketones (excluding diaryl/α,β-unsaturated/α-hetero) is 2. The highest BCUT2D eigenvalue weighted by atomic mass is 19.1. The summed E-state index contributed by atoms with van der Waals surface area (Å²) in [5.74, 6) is 0.649. The van der Waals surface area contributed by atoms with Crippen molar-refractivity contribution in [1.29, 1.82) is 0 Å². The number of carbonyl (C=O) groups is 2. The molecule has 156 valence electrons. The van der Waals surface area contributed by atoms with Crippen molar-refractivity contribution < 1.29 is 28.2 Å². The van der Waals surface area contributed by atoms with Gasteiger partial charge in [-0.1, -0.05) is 18.2 Å². The van der Waals surface area contributed by atoms with Gasteiger partial charge in [-0.15, -0.1) is 0 Å². The van der Waals surface area contributed by atoms with E-state index in [-0.39, 0.29) is 23.9 Å². The smallest absolute Gasteiger partial charge is 0.231 e. The predicted octanol–water partition coefficient (Wildman–Crippen LogP) is 5.10. The molecule has 0 spiro atoms. The van der Waals surface area contributed by atoms with Crippen molar-refractivity contribution >= 4 is 17.6 Å². The van der Waals surface area contributed by atoms with E-state index in [1.54, 1.807) is 24.3 Å². The zero-order chi connectivity index (χ0) is 21.8. The number of ketones is 2. The maximum Gasteiger partial charge on any atom is 0.231 e. The zero-order valence-corrected chi connectivity index (χ0v) is 16.8. The number of halogens is 1. The van der Waals surface area contributed by atoms with Gasteiger partial charge in [0, 0.05) is 17.2 Å². The summed E-state index contributed by atoms with van der Waals surface area (Å²) in [5, 5.41) is 0. The van der Waals surface area contributed by atoms with E-state index >= 15 is 0 Å². The van der Waals surface area contributed by atoms with Gasteiger partial charge >= 0.3 is 0 Å². The third-order valence-electron chi connectivity index (χ3n) is 4.68. The first-order valence-electron chi connectivity index (χ1n) is 9.77. The standard InChI is InChI=1S/C25H19FO5/c1-2-29-22-6-4-3-5-17(22)13-24-25(28)20-12-11-19(14-23(20)31-24)30-15-21(27)16-7-9-18(26)10-8-16/h3-14H,2,15H2,1H3/b24-13-. The molecule has 0 amide bonds. The van der Waals surface area contributed by atoms with Crippen molar-refractivity contribution in [3.8, 4) is 17.2 Å². The molecule has 31 heavy (non-hydrogen) atoms. The van der Waals surface area contributed by atoms with Gasteiger partial charge in [-0.3, -0.25) is 9.59 Å². The Morgan fingerprint density at radius 3 is 2.58 bits per heavy atom. The van der Waals surface area contributed by atoms with Crippen LogP contribution >= 0.6 is 0 Å². The lowest BCUT2D eigenvalue weighted by molar-refractivity contribution is 0.0920. The minimum absolute atomic E-state index is 0.182. The topological polar surface area (TPSA) is 61.8 Å². The van der Waals surface area contributed by atoms with Crippen LogP contribution in [0.1, 0.15) is 33.2 Å². The summed E-state index contributed by atoms with van der Waals surface area (Å²) in [6.07, 6.45) is 1.64. The first-order chi connectivity index (χ1) is 15.0. The van der Waals surface area contributed by atoms with Crippen molar-refractivity contribution in [2.24, 2.45) is 0 Å². The molecule has 0 aromatic heterocycles. The number of allylic oxidation sites excluding steroid dienone is 1. The Morgan fingerprint density at radius 1 is 1.03 bits per heavy atom. The van der Waals surface area contributed by atoms with Crippen LogP contribution in [0.15, 0.2) is 72.5 Å². The van der Waals surface area contributed by atoms with E-state index in [2.05, 4.69) is 0 Å². The Kier molecular flexibility index (Phi) is 5.80. The summed E-state index contributed by atoms with van der Waals surface area (Å²) in [5.41, 5.74) is 1.51. The van der Waals surface area contributed by atoms with E-state index in [0.29, 0.717) is 35.0 Å². The molecular formula is C25H19FO5. The van der Waals surface area contributed by atoms with Crippen molar-refractivity contribution in [1.82, 2.24) is 0 Å². The highest BCUT2D eigenvalue weighted by molar-refractivity contribution is 6.14. The molecule has 3 aromatic carbocycles. The number of hydrogen-bond acceptors (Lipinski definition) is 5. The number of para-hydroxylation sites is 1. The Bertz CT molecular complexity index is 1160. The van der Waals surface area contributed by atoms with Crippen molar-refractivity contribution in [3.05, 3.63) is 95.0 Å². The second-order valence-electron chi connectivity index (χ2n) is 6.79. The average Bonchev–Trinajstić information content (AvgIpc) is 3.08. The number of rotatable bonds is 7. The third-order valence-corrected chi connectivity index (χ3v) is 4.68. The monoisotopic (exact) mass is 418 g/mol. The first-order valence-corrected chi connectivity index (χ1v) is 9.77. The minimum Gasteiger partial charge on any atom is -0.493 e. The second-order valence-corrected chi connectivity index (χ2v) is 6.79. The highest BCUT2D eigenvalue weighted by Crippen LogP contribution is 2.35. The fourth-order valence-corrected chi connectivity index (χ4v) is 3.15. The van der Waals surface area contributed by atoms with E-state index < -0.39 is 5.82 Å². The fraction of sp³-hybridized carbons (Fsp3) is 0.120. The zero-order valence-electron chi connectivity index (χ0n) is 16.8. The second kappa shape index (κ2) is 8.83. The summed E-state index contributed by atoms with van der Waals surface area (Å²) in [6, 6.07) is 17.4. The van der Waals surface area contributed by atoms with Gasteiger partial charge in [0.15, 0.2) is 18.1 Å². The summed E-state index contributed by atoms with van der Waals surface area (Å²) >= 11 is 0. The molecule has 1 aliphatic heterocycles. The maximum atomic E-state index is 13.0. The van der Waals surface area contributed by atoms with E-state index in [1.807, 2.05) is 31.2 Å². The molecule has 0 unspecified atom stereocenters. The van der Waals surface area contributed by atoms with Gasteiger partial charge in [0.05, 0.1) is 12.2 Å². The molecule has 0 atom stereocenters. The van der Waals surface area contributed by atoms with Crippen LogP contribution in [-0.2, 0) is 0 Å². The van der Waals surface area contributed by atoms with Crippen LogP contribution < -0.4 is 14.2 Å². The predicted molar refractivity (Wildman–Crippen MR) is 113 cm³/mol. The van der Waals surface area contributed by atoms with Crippen LogP contribution in [-0.4, -0.2) is 24.8 Å². The molecule has 0 N–H and O–H groups in total. The molecule has 0 aliphatic carbocycles. The highest BCUT2D eigenvalue weighted by Gasteiger charge is 2.28. The average molecular weight is 418 g/mol. The summed E-state index contributed by atoms with van der Waals surface area (Å²) in [7, 11) is 0. The molecule has 0 saturated heterocycles. The van der Waals surface area contributed by atoms with Gasteiger partial charge in [0.2, 0.25) is 5.78 Å². The Hall–Kier alpha value is -3.93. The molecule has 4 rings (SSSR count). The molecule has 0 saturated carbocycles. The van der Waals surface area contributed by atoms with Crippen LogP contribution in [0.4, 0.5) is 4.39 Å². The van der Waals surface area contributed by atoms with Crippen molar-refractivity contribution in [3.63, 3.8) is 0 Å². The number of hydrogen-bond donors (Lipinski definition) is 0. The normalized spacial score (nSPS) is 13.6. The van der Waals surface area contributed by atoms with E-state index in [4.69, 9.17) is 14.2 Å². The molecule has 1 heterocycles. The van der Waals surface area contributed by atoms with Crippen LogP contribution in [0, 0.1) is 5.82 Å². The lowest BCUT2D eigenvalue weighted by Crippen LogP contribution is -2.11. The number of benzene rings is 3. The van der Waals surface area contributed by atoms with Crippen LogP contribution in [0.2, 0.25) is 0 Å². The molecule has 3 aromatic rings. The number of fused-ring (bicyclic) bond motifs is 1. The van der Waals surface area contributed by atoms with E-state index in [1.165, 1.54) is 24.3 Å². The van der Waals surface area contributed by atoms with E-state index in [9.17, 15) is 14.0 Å². The summed E-state index contributed by atoms with van der Waals surface area (Å²) in [4.78, 5) is 24.9. The van der Waals surface area contributed by atoms with Gasteiger partial charge in [-0.05, 0) is 55.5 Å². The molecule has 0 radical (unpaired) electrons. The molecule has 1 aliphatic rings. The Balaban J connectivity index is 1.48. The Morgan fingerprint density at radius 2 is 1.81 bits per heavy atom. The minimum atomic E-state index is -0.411. The van der Waals surface area contributed by atoms with Gasteiger partial charge in [-0.2, -0.15) is 0 Å². The van der Waals surface area contributed by atoms with E-state index in [0.717, 1.165) is 5.56 Å². The van der Waals surface area contributed by atoms with Gasteiger partial charge in [0.25, 0.3) is 0 Å². The maximum absolute atomic E-state index is 13.0. The van der Waals surface area contributed by atoms with Crippen molar-refractivity contribution in [2.75, 3.05) is 13.2 Å². The molecule has 6 heteroatoms. The largest absolute Gasteiger partial charge is 0.493 e. The SMILES string of the molecule is CCOc1ccccc1/C=C1\Oc2cc(OCC(=O)c3ccc(F)cc3)ccc2C1=O. The summed E-state index contributed by atoms with van der Waals surface area (Å²) < 4.78 is 29.9. The Labute approximate surface area is 178 Å². The lowest BCUT2D eigenvalue weighted by Gasteiger charge is -2.07. The van der Waals surface area contributed by atoms with Crippen molar-refractivity contribution in [2.45, 2.75) is 6.92 Å². The van der Waals surface area contributed by atoms with Gasteiger partial charge < -0.3 is 14.2 Å². The first kappa shape index (κ1) is 20.3. The van der Waals surface area contributed by atoms with Crippen LogP contribution in [0.25, 0.3) is 6.08 Å². The quantitative estimate of drug-likeness (QED) is 0.395. The summed E-state index contributed by atoms with van der Waals surface area (Å²) in [6.45, 7) is 2.18.